The SMILES string of the molecule is C=C(C)C(=O)OCc1cc(-c2ccc(C)cc2)ccc1-c1ccc(CCO)cc1. The molecule has 29 heavy (non-hydrogen) atoms. The molecule has 0 heterocycles. The zero-order valence-corrected chi connectivity index (χ0v) is 16.9. The van der Waals surface area contributed by atoms with Gasteiger partial charge in [-0.15, -0.1) is 0 Å². The molecule has 0 aliphatic carbocycles. The molecule has 0 saturated carbocycles. The summed E-state index contributed by atoms with van der Waals surface area (Å²) >= 11 is 0. The summed E-state index contributed by atoms with van der Waals surface area (Å²) in [6.45, 7) is 7.67. The molecule has 0 saturated heterocycles. The molecule has 0 aliphatic rings. The highest BCUT2D eigenvalue weighted by Crippen LogP contribution is 2.30. The highest BCUT2D eigenvalue weighted by molar-refractivity contribution is 5.87. The molecule has 3 heteroatoms. The maximum atomic E-state index is 11.9. The van der Waals surface area contributed by atoms with Crippen LogP contribution in [0.25, 0.3) is 22.3 Å². The van der Waals surface area contributed by atoms with E-state index in [-0.39, 0.29) is 13.2 Å². The van der Waals surface area contributed by atoms with E-state index in [0.29, 0.717) is 12.0 Å². The van der Waals surface area contributed by atoms with Gasteiger partial charge in [0.15, 0.2) is 0 Å². The predicted molar refractivity (Wildman–Crippen MR) is 117 cm³/mol. The standard InChI is InChI=1S/C26H26O3/c1-18(2)26(28)29-17-24-16-23(21-8-4-19(3)5-9-21)12-13-25(24)22-10-6-20(7-11-22)14-15-27/h4-13,16,27H,1,14-15,17H2,2-3H3. The fourth-order valence-electron chi connectivity index (χ4n) is 3.17. The van der Waals surface area contributed by atoms with Gasteiger partial charge in [0, 0.05) is 12.2 Å². The lowest BCUT2D eigenvalue weighted by atomic mass is 9.94. The van der Waals surface area contributed by atoms with Crippen LogP contribution in [-0.2, 0) is 22.6 Å². The molecule has 0 aromatic heterocycles. The van der Waals surface area contributed by atoms with Crippen LogP contribution in [0.4, 0.5) is 0 Å². The Bertz CT molecular complexity index is 999. The van der Waals surface area contributed by atoms with Gasteiger partial charge in [-0.2, -0.15) is 0 Å². The second-order valence-electron chi connectivity index (χ2n) is 7.26. The fourth-order valence-corrected chi connectivity index (χ4v) is 3.17. The first-order valence-corrected chi connectivity index (χ1v) is 9.70. The summed E-state index contributed by atoms with van der Waals surface area (Å²) in [5.74, 6) is -0.394. The van der Waals surface area contributed by atoms with Crippen LogP contribution in [0.1, 0.15) is 23.6 Å². The smallest absolute Gasteiger partial charge is 0.333 e. The van der Waals surface area contributed by atoms with Crippen LogP contribution in [0, 0.1) is 6.92 Å². The molecule has 3 nitrogen and oxygen atoms in total. The number of ether oxygens (including phenoxy) is 1. The highest BCUT2D eigenvalue weighted by atomic mass is 16.5. The topological polar surface area (TPSA) is 46.5 Å². The van der Waals surface area contributed by atoms with E-state index in [9.17, 15) is 4.79 Å². The average Bonchev–Trinajstić information content (AvgIpc) is 2.73. The minimum Gasteiger partial charge on any atom is -0.457 e. The van der Waals surface area contributed by atoms with Gasteiger partial charge in [0.05, 0.1) is 0 Å². The Morgan fingerprint density at radius 2 is 1.55 bits per heavy atom. The molecule has 0 atom stereocenters. The largest absolute Gasteiger partial charge is 0.457 e. The summed E-state index contributed by atoms with van der Waals surface area (Å²) in [6.07, 6.45) is 0.635. The predicted octanol–water partition coefficient (Wildman–Crippen LogP) is 5.48. The van der Waals surface area contributed by atoms with Gasteiger partial charge < -0.3 is 9.84 Å². The molecule has 3 rings (SSSR count). The molecule has 148 valence electrons. The summed E-state index contributed by atoms with van der Waals surface area (Å²) in [4.78, 5) is 11.9. The number of carbonyl (C=O) groups is 1. The van der Waals surface area contributed by atoms with E-state index in [1.165, 1.54) is 5.56 Å². The lowest BCUT2D eigenvalue weighted by Crippen LogP contribution is -2.06. The highest BCUT2D eigenvalue weighted by Gasteiger charge is 2.11. The fraction of sp³-hybridized carbons (Fsp3) is 0.192. The second kappa shape index (κ2) is 9.35. The van der Waals surface area contributed by atoms with Crippen LogP contribution in [0.2, 0.25) is 0 Å². The number of aliphatic hydroxyl groups excluding tert-OH is 1. The van der Waals surface area contributed by atoms with E-state index in [0.717, 1.165) is 33.4 Å². The Morgan fingerprint density at radius 3 is 2.17 bits per heavy atom. The Balaban J connectivity index is 1.98. The number of carbonyl (C=O) groups excluding carboxylic acids is 1. The zero-order chi connectivity index (χ0) is 20.8. The Hall–Kier alpha value is -3.17. The summed E-state index contributed by atoms with van der Waals surface area (Å²) in [6, 6.07) is 22.7. The first kappa shape index (κ1) is 20.6. The Labute approximate surface area is 172 Å². The molecular formula is C26H26O3. The normalized spacial score (nSPS) is 10.6. The minimum atomic E-state index is -0.394. The van der Waals surface area contributed by atoms with E-state index in [1.54, 1.807) is 6.92 Å². The third kappa shape index (κ3) is 5.21. The first-order valence-electron chi connectivity index (χ1n) is 9.70. The molecule has 0 fully saturated rings. The number of rotatable bonds is 7. The van der Waals surface area contributed by atoms with Gasteiger partial charge in [0.2, 0.25) is 0 Å². The number of hydrogen-bond donors (Lipinski definition) is 1. The van der Waals surface area contributed by atoms with Crippen molar-refractivity contribution in [3.8, 4) is 22.3 Å². The van der Waals surface area contributed by atoms with Crippen molar-refractivity contribution in [3.05, 3.63) is 95.6 Å². The van der Waals surface area contributed by atoms with Crippen LogP contribution < -0.4 is 0 Å². The number of aliphatic hydroxyl groups is 1. The van der Waals surface area contributed by atoms with Crippen LogP contribution in [0.3, 0.4) is 0 Å². The molecule has 0 bridgehead atoms. The number of aryl methyl sites for hydroxylation is 1. The van der Waals surface area contributed by atoms with Crippen molar-refractivity contribution in [3.63, 3.8) is 0 Å². The van der Waals surface area contributed by atoms with E-state index in [1.807, 2.05) is 24.3 Å². The van der Waals surface area contributed by atoms with Gasteiger partial charge in [-0.05, 0) is 59.7 Å². The minimum absolute atomic E-state index is 0.132. The maximum Gasteiger partial charge on any atom is 0.333 e. The third-order valence-electron chi connectivity index (χ3n) is 4.86. The van der Waals surface area contributed by atoms with Crippen LogP contribution in [-0.4, -0.2) is 17.7 Å². The van der Waals surface area contributed by atoms with E-state index >= 15 is 0 Å². The summed E-state index contributed by atoms with van der Waals surface area (Å²) in [5.41, 5.74) is 7.88. The third-order valence-corrected chi connectivity index (χ3v) is 4.86. The van der Waals surface area contributed by atoms with Gasteiger partial charge in [-0.3, -0.25) is 0 Å². The molecule has 0 amide bonds. The van der Waals surface area contributed by atoms with Crippen molar-refractivity contribution in [2.75, 3.05) is 6.61 Å². The van der Waals surface area contributed by atoms with Gasteiger partial charge >= 0.3 is 5.97 Å². The molecule has 0 unspecified atom stereocenters. The van der Waals surface area contributed by atoms with Gasteiger partial charge in [-0.25, -0.2) is 4.79 Å². The summed E-state index contributed by atoms with van der Waals surface area (Å²) < 4.78 is 5.45. The van der Waals surface area contributed by atoms with Crippen LogP contribution >= 0.6 is 0 Å². The lowest BCUT2D eigenvalue weighted by Gasteiger charge is -2.14. The van der Waals surface area contributed by atoms with Crippen molar-refractivity contribution in [2.24, 2.45) is 0 Å². The molecule has 0 spiro atoms. The molecule has 3 aromatic rings. The zero-order valence-electron chi connectivity index (χ0n) is 16.9. The number of benzene rings is 3. The quantitative estimate of drug-likeness (QED) is 0.432. The molecular weight excluding hydrogens is 360 g/mol. The van der Waals surface area contributed by atoms with Gasteiger partial charge in [-0.1, -0.05) is 72.8 Å². The van der Waals surface area contributed by atoms with Crippen molar-refractivity contribution >= 4 is 5.97 Å². The Morgan fingerprint density at radius 1 is 0.931 bits per heavy atom. The Kier molecular flexibility index (Phi) is 6.63. The number of hydrogen-bond acceptors (Lipinski definition) is 3. The lowest BCUT2D eigenvalue weighted by molar-refractivity contribution is -0.140. The van der Waals surface area contributed by atoms with E-state index in [4.69, 9.17) is 9.84 Å². The van der Waals surface area contributed by atoms with Crippen molar-refractivity contribution in [1.82, 2.24) is 0 Å². The van der Waals surface area contributed by atoms with E-state index < -0.39 is 5.97 Å². The average molecular weight is 386 g/mol. The molecule has 3 aromatic carbocycles. The molecule has 0 aliphatic heterocycles. The van der Waals surface area contributed by atoms with E-state index in [2.05, 4.69) is 56.0 Å². The van der Waals surface area contributed by atoms with Crippen molar-refractivity contribution < 1.29 is 14.6 Å². The molecule has 1 N–H and O–H groups in total. The van der Waals surface area contributed by atoms with Crippen LogP contribution in [0.5, 0.6) is 0 Å². The van der Waals surface area contributed by atoms with Crippen molar-refractivity contribution in [1.29, 1.82) is 0 Å². The summed E-state index contributed by atoms with van der Waals surface area (Å²) in [5, 5.41) is 9.12. The summed E-state index contributed by atoms with van der Waals surface area (Å²) in [7, 11) is 0. The maximum absolute atomic E-state index is 11.9. The second-order valence-corrected chi connectivity index (χ2v) is 7.26. The van der Waals surface area contributed by atoms with Crippen molar-refractivity contribution in [2.45, 2.75) is 26.9 Å². The van der Waals surface area contributed by atoms with Gasteiger partial charge in [0.25, 0.3) is 0 Å². The monoisotopic (exact) mass is 386 g/mol. The molecule has 0 radical (unpaired) electrons. The van der Waals surface area contributed by atoms with Crippen LogP contribution in [0.15, 0.2) is 78.9 Å². The first-order chi connectivity index (χ1) is 14.0. The number of esters is 1. The van der Waals surface area contributed by atoms with Gasteiger partial charge in [0.1, 0.15) is 6.61 Å².